The SMILES string of the molecule is COCCNC(=O)CNCc1nccn1C. The van der Waals surface area contributed by atoms with Gasteiger partial charge in [-0.15, -0.1) is 0 Å². The van der Waals surface area contributed by atoms with Crippen molar-refractivity contribution >= 4 is 5.91 Å². The van der Waals surface area contributed by atoms with E-state index >= 15 is 0 Å². The molecule has 0 atom stereocenters. The van der Waals surface area contributed by atoms with E-state index in [1.54, 1.807) is 13.3 Å². The Morgan fingerprint density at radius 2 is 2.44 bits per heavy atom. The number of carbonyl (C=O) groups is 1. The maximum atomic E-state index is 11.3. The van der Waals surface area contributed by atoms with Gasteiger partial charge in [-0.2, -0.15) is 0 Å². The number of ether oxygens (including phenoxy) is 1. The second-order valence-electron chi connectivity index (χ2n) is 3.40. The van der Waals surface area contributed by atoms with E-state index in [1.165, 1.54) is 0 Å². The molecule has 0 unspecified atom stereocenters. The zero-order valence-corrected chi connectivity index (χ0v) is 9.69. The first-order valence-corrected chi connectivity index (χ1v) is 5.16. The number of hydrogen-bond donors (Lipinski definition) is 2. The van der Waals surface area contributed by atoms with Gasteiger partial charge in [-0.1, -0.05) is 0 Å². The molecular formula is C10H18N4O2. The Hall–Kier alpha value is -1.40. The molecule has 6 nitrogen and oxygen atoms in total. The summed E-state index contributed by atoms with van der Waals surface area (Å²) in [7, 11) is 3.52. The van der Waals surface area contributed by atoms with Gasteiger partial charge in [-0.3, -0.25) is 4.79 Å². The molecule has 90 valence electrons. The third-order valence-corrected chi connectivity index (χ3v) is 2.12. The summed E-state index contributed by atoms with van der Waals surface area (Å²) in [5.74, 6) is 0.871. The topological polar surface area (TPSA) is 68.2 Å². The van der Waals surface area contributed by atoms with Gasteiger partial charge in [-0.25, -0.2) is 4.98 Å². The van der Waals surface area contributed by atoms with Crippen LogP contribution in [-0.2, 0) is 23.1 Å². The number of rotatable bonds is 7. The van der Waals surface area contributed by atoms with E-state index in [-0.39, 0.29) is 12.5 Å². The van der Waals surface area contributed by atoms with Gasteiger partial charge in [0, 0.05) is 33.1 Å². The van der Waals surface area contributed by atoms with E-state index in [9.17, 15) is 4.79 Å². The van der Waals surface area contributed by atoms with Crippen LogP contribution < -0.4 is 10.6 Å². The fraction of sp³-hybridized carbons (Fsp3) is 0.600. The van der Waals surface area contributed by atoms with Crippen molar-refractivity contribution in [2.24, 2.45) is 7.05 Å². The lowest BCUT2D eigenvalue weighted by molar-refractivity contribution is -0.120. The molecule has 0 spiro atoms. The second-order valence-corrected chi connectivity index (χ2v) is 3.40. The standard InChI is InChI=1S/C10H18N4O2/c1-14-5-3-12-9(14)7-11-8-10(15)13-4-6-16-2/h3,5,11H,4,6-8H2,1-2H3,(H,13,15). The van der Waals surface area contributed by atoms with Crippen LogP contribution in [0, 0.1) is 0 Å². The maximum absolute atomic E-state index is 11.3. The number of methoxy groups -OCH3 is 1. The molecule has 1 rings (SSSR count). The van der Waals surface area contributed by atoms with Crippen LogP contribution in [-0.4, -0.2) is 42.3 Å². The Labute approximate surface area is 95.0 Å². The van der Waals surface area contributed by atoms with Gasteiger partial charge in [0.2, 0.25) is 5.91 Å². The molecule has 1 amide bonds. The molecule has 0 aliphatic heterocycles. The Bertz CT molecular complexity index is 324. The average Bonchev–Trinajstić information content (AvgIpc) is 2.65. The Morgan fingerprint density at radius 3 is 3.06 bits per heavy atom. The van der Waals surface area contributed by atoms with E-state index in [0.717, 1.165) is 5.82 Å². The molecule has 0 fully saturated rings. The van der Waals surface area contributed by atoms with E-state index in [4.69, 9.17) is 4.74 Å². The van der Waals surface area contributed by atoms with Crippen molar-refractivity contribution in [1.29, 1.82) is 0 Å². The zero-order valence-electron chi connectivity index (χ0n) is 9.69. The highest BCUT2D eigenvalue weighted by Gasteiger charge is 2.01. The fourth-order valence-electron chi connectivity index (χ4n) is 1.21. The summed E-state index contributed by atoms with van der Waals surface area (Å²) >= 11 is 0. The summed E-state index contributed by atoms with van der Waals surface area (Å²) in [6, 6.07) is 0. The van der Waals surface area contributed by atoms with Crippen LogP contribution in [0.4, 0.5) is 0 Å². The van der Waals surface area contributed by atoms with Gasteiger partial charge in [0.15, 0.2) is 0 Å². The zero-order chi connectivity index (χ0) is 11.8. The highest BCUT2D eigenvalue weighted by Crippen LogP contribution is 1.91. The molecule has 1 aromatic heterocycles. The largest absolute Gasteiger partial charge is 0.383 e. The summed E-state index contributed by atoms with van der Waals surface area (Å²) in [5, 5.41) is 5.74. The van der Waals surface area contributed by atoms with Gasteiger partial charge in [-0.05, 0) is 0 Å². The number of imidazole rings is 1. The predicted octanol–water partition coefficient (Wildman–Crippen LogP) is -0.728. The van der Waals surface area contributed by atoms with Crippen molar-refractivity contribution in [3.8, 4) is 0 Å². The van der Waals surface area contributed by atoms with Crippen molar-refractivity contribution in [3.63, 3.8) is 0 Å². The van der Waals surface area contributed by atoms with E-state index in [1.807, 2.05) is 17.8 Å². The van der Waals surface area contributed by atoms with Crippen molar-refractivity contribution in [2.45, 2.75) is 6.54 Å². The average molecular weight is 226 g/mol. The molecule has 0 aliphatic rings. The molecule has 0 saturated heterocycles. The fourth-order valence-corrected chi connectivity index (χ4v) is 1.21. The van der Waals surface area contributed by atoms with Gasteiger partial charge in [0.05, 0.1) is 19.7 Å². The number of nitrogens with zero attached hydrogens (tertiary/aromatic N) is 2. The number of amides is 1. The first kappa shape index (κ1) is 12.7. The van der Waals surface area contributed by atoms with Crippen LogP contribution in [0.15, 0.2) is 12.4 Å². The number of nitrogens with one attached hydrogen (secondary N) is 2. The Kier molecular flexibility index (Phi) is 5.52. The van der Waals surface area contributed by atoms with Crippen LogP contribution in [0.2, 0.25) is 0 Å². The Morgan fingerprint density at radius 1 is 1.62 bits per heavy atom. The quantitative estimate of drug-likeness (QED) is 0.602. The van der Waals surface area contributed by atoms with E-state index < -0.39 is 0 Å². The summed E-state index contributed by atoms with van der Waals surface area (Å²) in [6.07, 6.45) is 3.60. The van der Waals surface area contributed by atoms with Crippen LogP contribution in [0.5, 0.6) is 0 Å². The number of hydrogen-bond acceptors (Lipinski definition) is 4. The first-order valence-electron chi connectivity index (χ1n) is 5.16. The molecule has 16 heavy (non-hydrogen) atoms. The molecule has 6 heteroatoms. The molecule has 1 aromatic rings. The van der Waals surface area contributed by atoms with Crippen molar-refractivity contribution in [2.75, 3.05) is 26.8 Å². The molecule has 0 saturated carbocycles. The third kappa shape index (κ3) is 4.41. The van der Waals surface area contributed by atoms with E-state index in [0.29, 0.717) is 19.7 Å². The van der Waals surface area contributed by atoms with Crippen LogP contribution in [0.25, 0.3) is 0 Å². The summed E-state index contributed by atoms with van der Waals surface area (Å²) in [6.45, 7) is 1.95. The maximum Gasteiger partial charge on any atom is 0.234 e. The number of aromatic nitrogens is 2. The highest BCUT2D eigenvalue weighted by molar-refractivity contribution is 5.77. The van der Waals surface area contributed by atoms with Gasteiger partial charge in [0.1, 0.15) is 5.82 Å². The number of aryl methyl sites for hydroxylation is 1. The lowest BCUT2D eigenvalue weighted by Crippen LogP contribution is -2.35. The monoisotopic (exact) mass is 226 g/mol. The first-order chi connectivity index (χ1) is 7.74. The van der Waals surface area contributed by atoms with Crippen molar-refractivity contribution < 1.29 is 9.53 Å². The third-order valence-electron chi connectivity index (χ3n) is 2.12. The molecule has 0 radical (unpaired) electrons. The van der Waals surface area contributed by atoms with Crippen molar-refractivity contribution in [3.05, 3.63) is 18.2 Å². The number of carbonyl (C=O) groups excluding carboxylic acids is 1. The summed E-state index contributed by atoms with van der Waals surface area (Å²) < 4.78 is 6.74. The molecule has 0 aliphatic carbocycles. The lowest BCUT2D eigenvalue weighted by Gasteiger charge is -2.06. The minimum absolute atomic E-state index is 0.0359. The van der Waals surface area contributed by atoms with E-state index in [2.05, 4.69) is 15.6 Å². The van der Waals surface area contributed by atoms with Crippen LogP contribution in [0.3, 0.4) is 0 Å². The van der Waals surface area contributed by atoms with Crippen LogP contribution >= 0.6 is 0 Å². The molecule has 0 bridgehead atoms. The molecular weight excluding hydrogens is 208 g/mol. The lowest BCUT2D eigenvalue weighted by atomic mass is 10.5. The van der Waals surface area contributed by atoms with Gasteiger partial charge < -0.3 is 19.9 Å². The summed E-state index contributed by atoms with van der Waals surface area (Å²) in [5.41, 5.74) is 0. The minimum atomic E-state index is -0.0359. The van der Waals surface area contributed by atoms with Gasteiger partial charge in [0.25, 0.3) is 0 Å². The smallest absolute Gasteiger partial charge is 0.234 e. The summed E-state index contributed by atoms with van der Waals surface area (Å²) in [4.78, 5) is 15.4. The molecule has 1 heterocycles. The minimum Gasteiger partial charge on any atom is -0.383 e. The second kappa shape index (κ2) is 6.97. The van der Waals surface area contributed by atoms with Gasteiger partial charge >= 0.3 is 0 Å². The van der Waals surface area contributed by atoms with Crippen LogP contribution in [0.1, 0.15) is 5.82 Å². The van der Waals surface area contributed by atoms with Crippen molar-refractivity contribution in [1.82, 2.24) is 20.2 Å². The highest BCUT2D eigenvalue weighted by atomic mass is 16.5. The Balaban J connectivity index is 2.11. The molecule has 2 N–H and O–H groups in total. The molecule has 0 aromatic carbocycles. The normalized spacial score (nSPS) is 10.4. The predicted molar refractivity (Wildman–Crippen MR) is 59.8 cm³/mol.